The number of halogens is 1. The van der Waals surface area contributed by atoms with Crippen LogP contribution in [0.4, 0.5) is 0 Å². The van der Waals surface area contributed by atoms with Crippen LogP contribution in [0.1, 0.15) is 21.7 Å². The maximum atomic E-state index is 12.8. The SMILES string of the molecule is O=C(NCc1ccc(Cl)cc1)c1c[nH]c2cnc(CN3CCOCC3)nc2c1=O. The van der Waals surface area contributed by atoms with Gasteiger partial charge in [-0.1, -0.05) is 23.7 Å². The molecule has 0 atom stereocenters. The van der Waals surface area contributed by atoms with E-state index in [2.05, 4.69) is 25.2 Å². The molecule has 3 heterocycles. The number of benzene rings is 1. The Bertz CT molecular complexity index is 1080. The number of aromatic nitrogens is 3. The Hall–Kier alpha value is -2.81. The molecule has 1 aliphatic heterocycles. The van der Waals surface area contributed by atoms with E-state index in [1.807, 2.05) is 12.1 Å². The third-order valence-corrected chi connectivity index (χ3v) is 5.00. The molecule has 8 nitrogen and oxygen atoms in total. The van der Waals surface area contributed by atoms with Crippen molar-refractivity contribution in [3.05, 3.63) is 68.9 Å². The summed E-state index contributed by atoms with van der Waals surface area (Å²) in [5.41, 5.74) is 1.19. The van der Waals surface area contributed by atoms with Gasteiger partial charge in [-0.3, -0.25) is 14.5 Å². The number of fused-ring (bicyclic) bond motifs is 1. The maximum absolute atomic E-state index is 12.8. The predicted molar refractivity (Wildman–Crippen MR) is 109 cm³/mol. The van der Waals surface area contributed by atoms with Gasteiger partial charge in [0.2, 0.25) is 5.43 Å². The van der Waals surface area contributed by atoms with Crippen molar-refractivity contribution < 1.29 is 9.53 Å². The van der Waals surface area contributed by atoms with Gasteiger partial charge in [-0.15, -0.1) is 0 Å². The first-order valence-corrected chi connectivity index (χ1v) is 9.68. The number of ether oxygens (including phenoxy) is 1. The highest BCUT2D eigenvalue weighted by Gasteiger charge is 2.16. The van der Waals surface area contributed by atoms with Crippen LogP contribution in [0.3, 0.4) is 0 Å². The second-order valence-electron chi connectivity index (χ2n) is 6.78. The summed E-state index contributed by atoms with van der Waals surface area (Å²) in [5, 5.41) is 3.38. The van der Waals surface area contributed by atoms with Crippen molar-refractivity contribution in [2.45, 2.75) is 13.1 Å². The minimum atomic E-state index is -0.462. The zero-order chi connectivity index (χ0) is 20.2. The predicted octanol–water partition coefficient (Wildman–Crippen LogP) is 1.73. The lowest BCUT2D eigenvalue weighted by Gasteiger charge is -2.25. The van der Waals surface area contributed by atoms with Crippen LogP contribution in [0.2, 0.25) is 5.02 Å². The van der Waals surface area contributed by atoms with Crippen LogP contribution in [-0.4, -0.2) is 52.1 Å². The van der Waals surface area contributed by atoms with Gasteiger partial charge in [-0.25, -0.2) is 9.97 Å². The van der Waals surface area contributed by atoms with Gasteiger partial charge in [-0.2, -0.15) is 0 Å². The quantitative estimate of drug-likeness (QED) is 0.660. The van der Waals surface area contributed by atoms with Crippen LogP contribution < -0.4 is 10.7 Å². The molecule has 0 bridgehead atoms. The first kappa shape index (κ1) is 19.5. The van der Waals surface area contributed by atoms with Crippen LogP contribution in [0.15, 0.2) is 41.5 Å². The molecule has 0 saturated carbocycles. The van der Waals surface area contributed by atoms with E-state index in [4.69, 9.17) is 16.3 Å². The van der Waals surface area contributed by atoms with E-state index in [1.165, 1.54) is 6.20 Å². The van der Waals surface area contributed by atoms with Gasteiger partial charge < -0.3 is 15.0 Å². The molecule has 1 saturated heterocycles. The smallest absolute Gasteiger partial charge is 0.257 e. The van der Waals surface area contributed by atoms with E-state index in [0.717, 1.165) is 18.7 Å². The summed E-state index contributed by atoms with van der Waals surface area (Å²) in [5.74, 6) is 0.0834. The molecule has 1 aliphatic rings. The van der Waals surface area contributed by atoms with Gasteiger partial charge in [0.1, 0.15) is 16.9 Å². The number of carbonyl (C=O) groups is 1. The molecule has 0 aliphatic carbocycles. The zero-order valence-electron chi connectivity index (χ0n) is 15.7. The van der Waals surface area contributed by atoms with Gasteiger partial charge in [0.25, 0.3) is 5.91 Å². The monoisotopic (exact) mass is 413 g/mol. The Morgan fingerprint density at radius 1 is 1.24 bits per heavy atom. The van der Waals surface area contributed by atoms with Crippen LogP contribution in [0, 0.1) is 0 Å². The number of morpholine rings is 1. The summed E-state index contributed by atoms with van der Waals surface area (Å²) in [7, 11) is 0. The number of amides is 1. The molecule has 1 amide bonds. The van der Waals surface area contributed by atoms with Crippen LogP contribution in [0.5, 0.6) is 0 Å². The number of rotatable bonds is 5. The lowest BCUT2D eigenvalue weighted by molar-refractivity contribution is 0.0331. The first-order chi connectivity index (χ1) is 14.1. The zero-order valence-corrected chi connectivity index (χ0v) is 16.4. The second-order valence-corrected chi connectivity index (χ2v) is 7.21. The van der Waals surface area contributed by atoms with E-state index in [9.17, 15) is 9.59 Å². The number of nitrogens with one attached hydrogen (secondary N) is 2. The van der Waals surface area contributed by atoms with E-state index in [0.29, 0.717) is 42.7 Å². The normalized spacial score (nSPS) is 14.8. The van der Waals surface area contributed by atoms with Crippen molar-refractivity contribution in [1.29, 1.82) is 0 Å². The van der Waals surface area contributed by atoms with Crippen LogP contribution >= 0.6 is 11.6 Å². The second kappa shape index (κ2) is 8.69. The number of pyridine rings is 1. The number of aromatic amines is 1. The summed E-state index contributed by atoms with van der Waals surface area (Å²) in [4.78, 5) is 39.2. The molecule has 0 unspecified atom stereocenters. The minimum absolute atomic E-state index is 0.0162. The largest absolute Gasteiger partial charge is 0.379 e. The van der Waals surface area contributed by atoms with Gasteiger partial charge in [-0.05, 0) is 17.7 Å². The Morgan fingerprint density at radius 2 is 2.00 bits per heavy atom. The highest BCUT2D eigenvalue weighted by Crippen LogP contribution is 2.10. The van der Waals surface area contributed by atoms with Crippen LogP contribution in [-0.2, 0) is 17.8 Å². The van der Waals surface area contributed by atoms with Crippen molar-refractivity contribution in [2.75, 3.05) is 26.3 Å². The maximum Gasteiger partial charge on any atom is 0.257 e. The van der Waals surface area contributed by atoms with Crippen molar-refractivity contribution in [1.82, 2.24) is 25.2 Å². The summed E-state index contributed by atoms with van der Waals surface area (Å²) < 4.78 is 5.34. The fourth-order valence-electron chi connectivity index (χ4n) is 3.12. The molecule has 150 valence electrons. The van der Waals surface area contributed by atoms with Gasteiger partial charge in [0, 0.05) is 30.9 Å². The number of hydrogen-bond donors (Lipinski definition) is 2. The van der Waals surface area contributed by atoms with Crippen molar-refractivity contribution in [3.8, 4) is 0 Å². The summed E-state index contributed by atoms with van der Waals surface area (Å²) >= 11 is 5.87. The van der Waals surface area contributed by atoms with Gasteiger partial charge in [0.15, 0.2) is 0 Å². The number of H-pyrrole nitrogens is 1. The molecule has 0 spiro atoms. The lowest BCUT2D eigenvalue weighted by atomic mass is 10.2. The Kier molecular flexibility index (Phi) is 5.84. The topological polar surface area (TPSA) is 100 Å². The highest BCUT2D eigenvalue weighted by atomic mass is 35.5. The van der Waals surface area contributed by atoms with Crippen LogP contribution in [0.25, 0.3) is 11.0 Å². The van der Waals surface area contributed by atoms with Crippen molar-refractivity contribution in [3.63, 3.8) is 0 Å². The van der Waals surface area contributed by atoms with Gasteiger partial charge in [0.05, 0.1) is 31.5 Å². The standard InChI is InChI=1S/C20H20ClN5O3/c21-14-3-1-13(2-4-14)9-24-20(28)15-10-22-16-11-23-17(25-18(16)19(15)27)12-26-5-7-29-8-6-26/h1-4,10-11H,5-9,12H2,(H,22,27)(H,24,28). The Labute approximate surface area is 171 Å². The van der Waals surface area contributed by atoms with Crippen molar-refractivity contribution in [2.24, 2.45) is 0 Å². The van der Waals surface area contributed by atoms with E-state index >= 15 is 0 Å². The third kappa shape index (κ3) is 4.61. The third-order valence-electron chi connectivity index (χ3n) is 4.75. The molecule has 29 heavy (non-hydrogen) atoms. The molecular formula is C20H20ClN5O3. The molecule has 2 N–H and O–H groups in total. The average Bonchev–Trinajstić information content (AvgIpc) is 2.74. The lowest BCUT2D eigenvalue weighted by Crippen LogP contribution is -2.36. The molecule has 2 aromatic heterocycles. The average molecular weight is 414 g/mol. The van der Waals surface area contributed by atoms with Crippen molar-refractivity contribution >= 4 is 28.5 Å². The minimum Gasteiger partial charge on any atom is -0.379 e. The van der Waals surface area contributed by atoms with E-state index < -0.39 is 11.3 Å². The van der Waals surface area contributed by atoms with E-state index in [1.54, 1.807) is 18.3 Å². The Balaban J connectivity index is 1.52. The molecule has 0 radical (unpaired) electrons. The summed E-state index contributed by atoms with van der Waals surface area (Å²) in [6, 6.07) is 7.13. The molecule has 1 fully saturated rings. The highest BCUT2D eigenvalue weighted by molar-refractivity contribution is 6.30. The summed E-state index contributed by atoms with van der Waals surface area (Å²) in [6.45, 7) is 3.76. The molecule has 3 aromatic rings. The fourth-order valence-corrected chi connectivity index (χ4v) is 3.25. The molecular weight excluding hydrogens is 394 g/mol. The number of nitrogens with zero attached hydrogens (tertiary/aromatic N) is 3. The molecule has 4 rings (SSSR count). The Morgan fingerprint density at radius 3 is 2.76 bits per heavy atom. The summed E-state index contributed by atoms with van der Waals surface area (Å²) in [6.07, 6.45) is 2.97. The molecule has 9 heteroatoms. The number of carbonyl (C=O) groups excluding carboxylic acids is 1. The molecule has 1 aromatic carbocycles. The van der Waals surface area contributed by atoms with E-state index in [-0.39, 0.29) is 11.1 Å². The number of hydrogen-bond acceptors (Lipinski definition) is 6. The van der Waals surface area contributed by atoms with Gasteiger partial charge >= 0.3 is 0 Å². The first-order valence-electron chi connectivity index (χ1n) is 9.30. The fraction of sp³-hybridized carbons (Fsp3) is 0.300.